The minimum absolute atomic E-state index is 0.0382. The maximum absolute atomic E-state index is 13.7. The van der Waals surface area contributed by atoms with Crippen LogP contribution in [0.15, 0.2) is 46.9 Å². The Morgan fingerprint density at radius 3 is 2.37 bits per heavy atom. The van der Waals surface area contributed by atoms with Gasteiger partial charge in [-0.2, -0.15) is 0 Å². The maximum Gasteiger partial charge on any atom is 0.271 e. The minimum atomic E-state index is -4.09. The van der Waals surface area contributed by atoms with Crippen molar-refractivity contribution in [1.29, 1.82) is 0 Å². The number of benzene rings is 2. The lowest BCUT2D eigenvalue weighted by atomic mass is 10.1. The number of sulfonamides is 1. The van der Waals surface area contributed by atoms with E-state index in [2.05, 4.69) is 21.2 Å². The first-order valence-electron chi connectivity index (χ1n) is 12.0. The molecule has 1 saturated carbocycles. The molecule has 1 atom stereocenters. The van der Waals surface area contributed by atoms with Crippen LogP contribution in [-0.2, 0) is 26.2 Å². The summed E-state index contributed by atoms with van der Waals surface area (Å²) < 4.78 is 32.5. The summed E-state index contributed by atoms with van der Waals surface area (Å²) in [6.07, 6.45) is 4.68. The van der Waals surface area contributed by atoms with Gasteiger partial charge in [0.05, 0.1) is 18.3 Å². The lowest BCUT2D eigenvalue weighted by Crippen LogP contribution is -2.52. The lowest BCUT2D eigenvalue weighted by molar-refractivity contribution is -0.384. The second-order valence-corrected chi connectivity index (χ2v) is 12.0. The Balaban J connectivity index is 1.96. The minimum Gasteiger partial charge on any atom is -0.495 e. The van der Waals surface area contributed by atoms with Crippen LogP contribution in [0.25, 0.3) is 0 Å². The van der Waals surface area contributed by atoms with Crippen LogP contribution in [0.2, 0.25) is 0 Å². The number of hydrogen-bond acceptors (Lipinski definition) is 7. The fraction of sp³-hybridized carbons (Fsp3) is 0.440. The Labute approximate surface area is 230 Å². The number of methoxy groups -OCH3 is 1. The Kier molecular flexibility index (Phi) is 9.71. The summed E-state index contributed by atoms with van der Waals surface area (Å²) in [7, 11) is -2.79. The summed E-state index contributed by atoms with van der Waals surface area (Å²) in [6, 6.07) is 9.83. The molecule has 38 heavy (non-hydrogen) atoms. The molecule has 206 valence electrons. The van der Waals surface area contributed by atoms with E-state index in [1.165, 1.54) is 24.1 Å². The van der Waals surface area contributed by atoms with E-state index in [-0.39, 0.29) is 35.6 Å². The number of rotatable bonds is 11. The SMILES string of the molecule is COc1ccc([N+](=O)[O-])cc1N(CC(=O)N(Cc1ccc(Br)cc1)C(C)C(=O)NC1CCCC1)S(C)(=O)=O. The molecule has 0 radical (unpaired) electrons. The molecule has 2 aromatic carbocycles. The molecule has 1 aliphatic carbocycles. The highest BCUT2D eigenvalue weighted by Gasteiger charge is 2.33. The summed E-state index contributed by atoms with van der Waals surface area (Å²) in [5.74, 6) is -0.942. The Bertz CT molecular complexity index is 1280. The van der Waals surface area contributed by atoms with Crippen LogP contribution in [0.5, 0.6) is 5.75 Å². The number of halogens is 1. The molecule has 13 heteroatoms. The van der Waals surface area contributed by atoms with E-state index >= 15 is 0 Å². The second kappa shape index (κ2) is 12.6. The molecule has 0 spiro atoms. The molecule has 2 amide bonds. The van der Waals surface area contributed by atoms with Gasteiger partial charge in [0, 0.05) is 29.2 Å². The Morgan fingerprint density at radius 1 is 1.18 bits per heavy atom. The average Bonchev–Trinajstić information content (AvgIpc) is 3.38. The van der Waals surface area contributed by atoms with Crippen molar-refractivity contribution in [1.82, 2.24) is 10.2 Å². The molecule has 1 unspecified atom stereocenters. The molecule has 1 N–H and O–H groups in total. The zero-order valence-corrected chi connectivity index (χ0v) is 23.8. The standard InChI is InChI=1S/C25H31BrN4O7S/c1-17(25(32)27-20-6-4-5-7-20)28(15-18-8-10-19(26)11-9-18)24(31)16-29(38(3,35)36)22-14-21(30(33)34)12-13-23(22)37-2/h8-14,17,20H,4-7,15-16H2,1-3H3,(H,27,32). The number of nitro benzene ring substituents is 1. The van der Waals surface area contributed by atoms with Crippen LogP contribution in [0.3, 0.4) is 0 Å². The summed E-state index contributed by atoms with van der Waals surface area (Å²) in [4.78, 5) is 38.8. The molecule has 1 aliphatic rings. The van der Waals surface area contributed by atoms with Crippen LogP contribution in [-0.4, -0.2) is 62.0 Å². The van der Waals surface area contributed by atoms with E-state index in [1.54, 1.807) is 31.2 Å². The van der Waals surface area contributed by atoms with Gasteiger partial charge in [0.2, 0.25) is 21.8 Å². The maximum atomic E-state index is 13.7. The van der Waals surface area contributed by atoms with Crippen LogP contribution in [0, 0.1) is 10.1 Å². The summed E-state index contributed by atoms with van der Waals surface area (Å²) in [5.41, 5.74) is 0.225. The van der Waals surface area contributed by atoms with Crippen LogP contribution in [0.4, 0.5) is 11.4 Å². The average molecular weight is 612 g/mol. The van der Waals surface area contributed by atoms with Gasteiger partial charge in [-0.15, -0.1) is 0 Å². The molecule has 0 saturated heterocycles. The number of nitro groups is 1. The van der Waals surface area contributed by atoms with Crippen molar-refractivity contribution in [3.63, 3.8) is 0 Å². The van der Waals surface area contributed by atoms with Gasteiger partial charge in [-0.05, 0) is 43.5 Å². The molecule has 0 heterocycles. The van der Waals surface area contributed by atoms with E-state index in [4.69, 9.17) is 4.74 Å². The Hall–Kier alpha value is -3.19. The first-order valence-corrected chi connectivity index (χ1v) is 14.7. The van der Waals surface area contributed by atoms with Crippen molar-refractivity contribution < 1.29 is 27.7 Å². The monoisotopic (exact) mass is 610 g/mol. The number of non-ortho nitro benzene ring substituents is 1. The molecule has 3 rings (SSSR count). The molecular weight excluding hydrogens is 580 g/mol. The third-order valence-corrected chi connectivity index (χ3v) is 8.11. The highest BCUT2D eigenvalue weighted by atomic mass is 79.9. The molecule has 1 fully saturated rings. The largest absolute Gasteiger partial charge is 0.495 e. The Morgan fingerprint density at radius 2 is 1.82 bits per heavy atom. The predicted octanol–water partition coefficient (Wildman–Crippen LogP) is 3.61. The highest BCUT2D eigenvalue weighted by Crippen LogP contribution is 2.34. The molecule has 0 bridgehead atoms. The number of amides is 2. The van der Waals surface area contributed by atoms with Gasteiger partial charge in [0.1, 0.15) is 24.0 Å². The van der Waals surface area contributed by atoms with Crippen molar-refractivity contribution in [2.24, 2.45) is 0 Å². The number of hydrogen-bond donors (Lipinski definition) is 1. The van der Waals surface area contributed by atoms with Gasteiger partial charge in [-0.3, -0.25) is 24.0 Å². The highest BCUT2D eigenvalue weighted by molar-refractivity contribution is 9.10. The zero-order chi connectivity index (χ0) is 28.0. The molecule has 11 nitrogen and oxygen atoms in total. The number of nitrogens with one attached hydrogen (secondary N) is 1. The van der Waals surface area contributed by atoms with Crippen LogP contribution in [0.1, 0.15) is 38.2 Å². The van der Waals surface area contributed by atoms with Crippen molar-refractivity contribution in [3.05, 3.63) is 62.6 Å². The number of carbonyl (C=O) groups is 2. The molecular formula is C25H31BrN4O7S. The fourth-order valence-corrected chi connectivity index (χ4v) is 5.45. The number of anilines is 1. The van der Waals surface area contributed by atoms with E-state index in [0.29, 0.717) is 0 Å². The normalized spacial score (nSPS) is 14.5. The number of ether oxygens (including phenoxy) is 1. The van der Waals surface area contributed by atoms with Crippen molar-refractivity contribution in [2.45, 2.75) is 51.2 Å². The zero-order valence-electron chi connectivity index (χ0n) is 21.4. The van der Waals surface area contributed by atoms with E-state index < -0.39 is 33.4 Å². The lowest BCUT2D eigenvalue weighted by Gasteiger charge is -2.32. The fourth-order valence-electron chi connectivity index (χ4n) is 4.34. The third kappa shape index (κ3) is 7.44. The summed E-state index contributed by atoms with van der Waals surface area (Å²) in [6.45, 7) is 0.961. The van der Waals surface area contributed by atoms with Gasteiger partial charge >= 0.3 is 0 Å². The van der Waals surface area contributed by atoms with E-state index in [1.807, 2.05) is 0 Å². The van der Waals surface area contributed by atoms with Crippen molar-refractivity contribution in [3.8, 4) is 5.75 Å². The third-order valence-electron chi connectivity index (χ3n) is 6.46. The second-order valence-electron chi connectivity index (χ2n) is 9.20. The molecule has 0 aliphatic heterocycles. The van der Waals surface area contributed by atoms with Gasteiger partial charge in [-0.1, -0.05) is 40.9 Å². The number of carbonyl (C=O) groups excluding carboxylic acids is 2. The van der Waals surface area contributed by atoms with Gasteiger partial charge in [-0.25, -0.2) is 8.42 Å². The van der Waals surface area contributed by atoms with Gasteiger partial charge in [0.25, 0.3) is 5.69 Å². The van der Waals surface area contributed by atoms with Crippen LogP contribution >= 0.6 is 15.9 Å². The molecule has 0 aromatic heterocycles. The smallest absolute Gasteiger partial charge is 0.271 e. The predicted molar refractivity (Wildman–Crippen MR) is 146 cm³/mol. The summed E-state index contributed by atoms with van der Waals surface area (Å²) in [5, 5.41) is 14.4. The van der Waals surface area contributed by atoms with Crippen molar-refractivity contribution >= 4 is 49.1 Å². The topological polar surface area (TPSA) is 139 Å². The van der Waals surface area contributed by atoms with E-state index in [0.717, 1.165) is 52.3 Å². The quantitative estimate of drug-likeness (QED) is 0.303. The molecule has 2 aromatic rings. The first-order chi connectivity index (χ1) is 17.9. The van der Waals surface area contributed by atoms with Gasteiger partial charge in [0.15, 0.2) is 0 Å². The summed E-state index contributed by atoms with van der Waals surface area (Å²) >= 11 is 3.37. The first kappa shape index (κ1) is 29.4. The van der Waals surface area contributed by atoms with Gasteiger partial charge < -0.3 is 15.0 Å². The van der Waals surface area contributed by atoms with Crippen LogP contribution < -0.4 is 14.4 Å². The van der Waals surface area contributed by atoms with E-state index in [9.17, 15) is 28.1 Å². The van der Waals surface area contributed by atoms with Crippen molar-refractivity contribution in [2.75, 3.05) is 24.2 Å². The number of nitrogens with zero attached hydrogens (tertiary/aromatic N) is 3.